The van der Waals surface area contributed by atoms with Crippen molar-refractivity contribution in [2.24, 2.45) is 0 Å². The lowest BCUT2D eigenvalue weighted by Crippen LogP contribution is -2.23. The highest BCUT2D eigenvalue weighted by atomic mass is 35.5. The largest absolute Gasteiger partial charge is 0.280 e. The third-order valence-corrected chi connectivity index (χ3v) is 6.44. The van der Waals surface area contributed by atoms with Crippen LogP contribution in [0.15, 0.2) is 106 Å². The van der Waals surface area contributed by atoms with Crippen molar-refractivity contribution in [3.8, 4) is 27.9 Å². The summed E-state index contributed by atoms with van der Waals surface area (Å²) in [6.07, 6.45) is 5.20. The maximum Gasteiger partial charge on any atom is 0.280 e. The zero-order chi connectivity index (χ0) is 26.4. The van der Waals surface area contributed by atoms with Crippen LogP contribution in [-0.2, 0) is 0 Å². The molecule has 0 aliphatic heterocycles. The van der Waals surface area contributed by atoms with Gasteiger partial charge in [-0.2, -0.15) is 14.9 Å². The van der Waals surface area contributed by atoms with E-state index in [1.165, 1.54) is 23.0 Å². The second-order valence-corrected chi connectivity index (χ2v) is 9.25. The number of hydrogen-bond acceptors (Lipinski definition) is 5. The fourth-order valence-electron chi connectivity index (χ4n) is 3.63. The molecule has 5 rings (SSSR count). The van der Waals surface area contributed by atoms with Gasteiger partial charge in [0.25, 0.3) is 11.1 Å². The lowest BCUT2D eigenvalue weighted by molar-refractivity contribution is 0.619. The van der Waals surface area contributed by atoms with Gasteiger partial charge < -0.3 is 0 Å². The van der Waals surface area contributed by atoms with E-state index in [0.29, 0.717) is 33.0 Å². The molecule has 0 amide bonds. The van der Waals surface area contributed by atoms with Gasteiger partial charge in [0.05, 0.1) is 17.4 Å². The number of thioether (sulfide) groups is 1. The average Bonchev–Trinajstić information content (AvgIpc) is 2.91. The van der Waals surface area contributed by atoms with Gasteiger partial charge in [-0.05, 0) is 78.4 Å². The number of aryl methyl sites for hydroxylation is 1. The number of H-pyrrole nitrogens is 1. The van der Waals surface area contributed by atoms with Crippen molar-refractivity contribution < 1.29 is 4.39 Å². The summed E-state index contributed by atoms with van der Waals surface area (Å²) in [6.45, 7) is 1.68. The third-order valence-electron chi connectivity index (χ3n) is 5.46. The van der Waals surface area contributed by atoms with Crippen LogP contribution in [0.3, 0.4) is 0 Å². The first kappa shape index (κ1) is 26.1. The van der Waals surface area contributed by atoms with Crippen molar-refractivity contribution in [1.82, 2.24) is 20.0 Å². The molecule has 6 nitrogen and oxygen atoms in total. The molecule has 9 heteroatoms. The Kier molecular flexibility index (Phi) is 8.32. The van der Waals surface area contributed by atoms with Crippen molar-refractivity contribution >= 4 is 23.4 Å². The molecule has 0 saturated carbocycles. The smallest absolute Gasteiger partial charge is 0.268 e. The molecule has 0 bridgehead atoms. The summed E-state index contributed by atoms with van der Waals surface area (Å²) in [6, 6.07) is 22.6. The molecule has 0 radical (unpaired) electrons. The van der Waals surface area contributed by atoms with Crippen molar-refractivity contribution in [2.75, 3.05) is 6.26 Å². The van der Waals surface area contributed by atoms with Gasteiger partial charge in [-0.25, -0.2) is 9.49 Å². The van der Waals surface area contributed by atoms with E-state index in [1.807, 2.05) is 30.5 Å². The molecule has 0 spiro atoms. The van der Waals surface area contributed by atoms with Crippen LogP contribution in [0.25, 0.3) is 27.9 Å². The van der Waals surface area contributed by atoms with Crippen LogP contribution in [0.1, 0.15) is 5.56 Å². The first-order valence-corrected chi connectivity index (χ1v) is 12.8. The summed E-state index contributed by atoms with van der Waals surface area (Å²) in [7, 11) is 0. The summed E-state index contributed by atoms with van der Waals surface area (Å²) in [5, 5.41) is 10.6. The Bertz CT molecular complexity index is 1630. The first-order valence-electron chi connectivity index (χ1n) is 11.2. The van der Waals surface area contributed by atoms with E-state index in [-0.39, 0.29) is 16.9 Å². The quantitative estimate of drug-likeness (QED) is 0.280. The topological polar surface area (TPSA) is 80.6 Å². The number of aromatic amines is 1. The van der Waals surface area contributed by atoms with E-state index in [2.05, 4.69) is 15.3 Å². The van der Waals surface area contributed by atoms with Gasteiger partial charge in [0.15, 0.2) is 0 Å². The predicted octanol–water partition coefficient (Wildman–Crippen LogP) is 6.16. The van der Waals surface area contributed by atoms with Gasteiger partial charge >= 0.3 is 0 Å². The molecule has 0 unspecified atom stereocenters. The van der Waals surface area contributed by atoms with Gasteiger partial charge in [-0.1, -0.05) is 35.9 Å². The van der Waals surface area contributed by atoms with Gasteiger partial charge in [0, 0.05) is 27.7 Å². The number of nitrogens with zero attached hydrogens (tertiary/aromatic N) is 3. The van der Waals surface area contributed by atoms with E-state index in [9.17, 15) is 14.0 Å². The van der Waals surface area contributed by atoms with Crippen molar-refractivity contribution in [3.05, 3.63) is 128 Å². The Balaban J connectivity index is 0.000000396. The number of rotatable bonds is 4. The summed E-state index contributed by atoms with van der Waals surface area (Å²) < 4.78 is 15.2. The minimum Gasteiger partial charge on any atom is -0.268 e. The molecule has 0 atom stereocenters. The van der Waals surface area contributed by atoms with Crippen LogP contribution in [0, 0.1) is 12.7 Å². The molecule has 2 heterocycles. The minimum atomic E-state index is -0.311. The zero-order valence-electron chi connectivity index (χ0n) is 20.0. The normalized spacial score (nSPS) is 10.5. The molecule has 0 fully saturated rings. The number of nitrogens with one attached hydrogen (secondary N) is 1. The summed E-state index contributed by atoms with van der Waals surface area (Å²) in [4.78, 5) is 24.8. The minimum absolute atomic E-state index is 0.164. The lowest BCUT2D eigenvalue weighted by Gasteiger charge is -2.14. The molecular formula is C28H22ClFN4O2S. The summed E-state index contributed by atoms with van der Waals surface area (Å²) in [5.74, 6) is -0.311. The molecule has 186 valence electrons. The van der Waals surface area contributed by atoms with Gasteiger partial charge in [-0.3, -0.25) is 9.59 Å². The molecule has 0 aliphatic carbocycles. The van der Waals surface area contributed by atoms with Crippen LogP contribution in [0.2, 0.25) is 5.02 Å². The lowest BCUT2D eigenvalue weighted by atomic mass is 9.96. The molecule has 5 aromatic rings. The molecule has 37 heavy (non-hydrogen) atoms. The van der Waals surface area contributed by atoms with Crippen molar-refractivity contribution in [2.45, 2.75) is 11.8 Å². The molecular weight excluding hydrogens is 511 g/mol. The monoisotopic (exact) mass is 532 g/mol. The molecule has 3 aromatic carbocycles. The molecule has 0 aliphatic rings. The molecule has 2 aromatic heterocycles. The van der Waals surface area contributed by atoms with E-state index in [4.69, 9.17) is 11.6 Å². The van der Waals surface area contributed by atoms with Gasteiger partial charge in [0.2, 0.25) is 0 Å². The fourth-order valence-corrected chi connectivity index (χ4v) is 4.22. The maximum atomic E-state index is 13.9. The number of halogens is 2. The Hall–Kier alpha value is -4.01. The second-order valence-electron chi connectivity index (χ2n) is 7.94. The summed E-state index contributed by atoms with van der Waals surface area (Å²) in [5.41, 5.74) is 3.24. The van der Waals surface area contributed by atoms with Crippen LogP contribution in [0.5, 0.6) is 0 Å². The highest BCUT2D eigenvalue weighted by Gasteiger charge is 2.17. The number of hydrogen-bond donors (Lipinski definition) is 1. The van der Waals surface area contributed by atoms with E-state index < -0.39 is 0 Å². The summed E-state index contributed by atoms with van der Waals surface area (Å²) >= 11 is 7.76. The number of benzene rings is 3. The van der Waals surface area contributed by atoms with Crippen molar-refractivity contribution in [1.29, 1.82) is 0 Å². The fraction of sp³-hybridized carbons (Fsp3) is 0.0714. The Morgan fingerprint density at radius 1 is 0.946 bits per heavy atom. The SMILES string of the molecule is CSc1ccc(-c2cnn(-c3cccc(Cl)c3)c(=O)c2-c2ccc(F)c(C)c2)cc1.O=c1cccn[nH]1. The van der Waals surface area contributed by atoms with Gasteiger partial charge in [0.1, 0.15) is 5.82 Å². The average molecular weight is 533 g/mol. The highest BCUT2D eigenvalue weighted by molar-refractivity contribution is 7.98. The molecule has 0 saturated heterocycles. The van der Waals surface area contributed by atoms with Crippen molar-refractivity contribution in [3.63, 3.8) is 0 Å². The van der Waals surface area contributed by atoms with Crippen LogP contribution in [-0.4, -0.2) is 26.2 Å². The predicted molar refractivity (Wildman–Crippen MR) is 147 cm³/mol. The third kappa shape index (κ3) is 6.22. The van der Waals surface area contributed by atoms with E-state index >= 15 is 0 Å². The first-order chi connectivity index (χ1) is 17.9. The zero-order valence-corrected chi connectivity index (χ0v) is 21.6. The Labute approximate surface area is 221 Å². The second kappa shape index (κ2) is 11.8. The maximum absolute atomic E-state index is 13.9. The molecule has 1 N–H and O–H groups in total. The number of aromatic nitrogens is 4. The van der Waals surface area contributed by atoms with Crippen LogP contribution < -0.4 is 11.1 Å². The Morgan fingerprint density at radius 3 is 2.30 bits per heavy atom. The Morgan fingerprint density at radius 2 is 1.70 bits per heavy atom. The standard InChI is InChI=1S/C24H18ClFN2OS.C4H4N2O/c1-15-12-17(8-11-22(15)26)23-21(16-6-9-20(30-2)10-7-16)14-27-28(24(23)29)19-5-3-4-18(25)13-19;7-4-2-1-3-5-6-4/h3-14H,1-2H3;1-3H,(H,6,7). The van der Waals surface area contributed by atoms with E-state index in [1.54, 1.807) is 67.3 Å². The highest BCUT2D eigenvalue weighted by Crippen LogP contribution is 2.31. The van der Waals surface area contributed by atoms with Gasteiger partial charge in [-0.15, -0.1) is 11.8 Å². The van der Waals surface area contributed by atoms with Crippen LogP contribution in [0.4, 0.5) is 4.39 Å². The van der Waals surface area contributed by atoms with Crippen LogP contribution >= 0.6 is 23.4 Å². The van der Waals surface area contributed by atoms with E-state index in [0.717, 1.165) is 10.5 Å².